The molecule has 0 radical (unpaired) electrons. The summed E-state index contributed by atoms with van der Waals surface area (Å²) in [5, 5.41) is 7.51. The van der Waals surface area contributed by atoms with Crippen LogP contribution in [0.4, 0.5) is 0 Å². The minimum Gasteiger partial charge on any atom is -0.435 e. The molecule has 0 unspecified atom stereocenters. The predicted octanol–water partition coefficient (Wildman–Crippen LogP) is 2.76. The van der Waals surface area contributed by atoms with Crippen LogP contribution in [-0.4, -0.2) is 5.97 Å². The molecule has 0 saturated heterocycles. The first-order valence-corrected chi connectivity index (χ1v) is 3.54. The summed E-state index contributed by atoms with van der Waals surface area (Å²) in [6.07, 6.45) is 2.28. The summed E-state index contributed by atoms with van der Waals surface area (Å²) >= 11 is 4.76. The van der Waals surface area contributed by atoms with E-state index in [0.29, 0.717) is 0 Å². The molecule has 0 aliphatic heterocycles. The Bertz CT molecular complexity index is 194. The van der Waals surface area contributed by atoms with E-state index in [2.05, 4.69) is 24.5 Å². The van der Waals surface area contributed by atoms with Gasteiger partial charge in [0.25, 0.3) is 0 Å². The first-order chi connectivity index (χ1) is 6.10. The fourth-order valence-electron chi connectivity index (χ4n) is 0.117. The molecule has 0 aromatic carbocycles. The molecule has 0 atom stereocenters. The number of ether oxygens (including phenoxy) is 1. The van der Waals surface area contributed by atoms with Gasteiger partial charge in [0.15, 0.2) is 0 Å². The summed E-state index contributed by atoms with van der Waals surface area (Å²) in [5.41, 5.74) is 1.22. The number of carbonyl (C=O) groups excluding carboxylic acids is 1. The van der Waals surface area contributed by atoms with Crippen molar-refractivity contribution in [2.75, 3.05) is 0 Å². The lowest BCUT2D eigenvalue weighted by molar-refractivity contribution is -0.135. The molecule has 13 heavy (non-hydrogen) atoms. The van der Waals surface area contributed by atoms with E-state index in [4.69, 9.17) is 16.9 Å². The van der Waals surface area contributed by atoms with Gasteiger partial charge >= 0.3 is 5.97 Å². The van der Waals surface area contributed by atoms with Gasteiger partial charge in [0.2, 0.25) is 0 Å². The molecule has 4 heteroatoms. The Morgan fingerprint density at radius 1 is 1.54 bits per heavy atom. The molecule has 3 nitrogen and oxygen atoms in total. The first-order valence-electron chi connectivity index (χ1n) is 3.10. The maximum Gasteiger partial charge on any atom is 0.307 e. The van der Waals surface area contributed by atoms with Crippen LogP contribution in [0.3, 0.4) is 0 Å². The lowest BCUT2D eigenvalue weighted by Gasteiger charge is -1.83. The number of allylic oxidation sites excluding steroid dienone is 1. The Hall–Kier alpha value is -1.53. The molecule has 0 heterocycles. The summed E-state index contributed by atoms with van der Waals surface area (Å²) in [4.78, 5) is 9.75. The Balaban J connectivity index is -0.000000125. The molecule has 0 rings (SSSR count). The van der Waals surface area contributed by atoms with E-state index in [1.54, 1.807) is 6.07 Å². The fourth-order valence-corrected chi connectivity index (χ4v) is 0.117. The molecule has 0 amide bonds. The van der Waals surface area contributed by atoms with Gasteiger partial charge in [0, 0.05) is 13.0 Å². The smallest absolute Gasteiger partial charge is 0.307 e. The maximum atomic E-state index is 9.75. The third kappa shape index (κ3) is 123. The van der Waals surface area contributed by atoms with Crippen LogP contribution < -0.4 is 0 Å². The Morgan fingerprint density at radius 3 is 1.85 bits per heavy atom. The lowest BCUT2D eigenvalue weighted by atomic mass is 10.8. The van der Waals surface area contributed by atoms with Gasteiger partial charge in [-0.3, -0.25) is 4.79 Å². The number of halogens is 1. The third-order valence-corrected chi connectivity index (χ3v) is 0.341. The molecule has 72 valence electrons. The average Bonchev–Trinajstić information content (AvgIpc) is 2.06. The number of carbonyl (C=O) groups is 1. The Labute approximate surface area is 83.6 Å². The number of rotatable bonds is 1. The fraction of sp³-hybridized carbons (Fsp3) is 0.111. The van der Waals surface area contributed by atoms with Crippen molar-refractivity contribution in [1.82, 2.24) is 0 Å². The van der Waals surface area contributed by atoms with Crippen molar-refractivity contribution >= 4 is 17.6 Å². The second kappa shape index (κ2) is 22.4. The number of nitriles is 1. The number of esters is 1. The zero-order valence-corrected chi connectivity index (χ0v) is 8.25. The van der Waals surface area contributed by atoms with Gasteiger partial charge < -0.3 is 4.74 Å². The van der Waals surface area contributed by atoms with Crippen molar-refractivity contribution in [3.05, 3.63) is 37.6 Å². The van der Waals surface area contributed by atoms with Gasteiger partial charge in [-0.05, 0) is 5.54 Å². The van der Waals surface area contributed by atoms with Gasteiger partial charge in [-0.15, -0.1) is 0 Å². The van der Waals surface area contributed by atoms with Crippen molar-refractivity contribution < 1.29 is 9.53 Å². The average molecular weight is 202 g/mol. The highest BCUT2D eigenvalue weighted by molar-refractivity contribution is 6.25. The molecule has 0 aromatic heterocycles. The number of hydrogen-bond donors (Lipinski definition) is 0. The van der Waals surface area contributed by atoms with Crippen molar-refractivity contribution in [2.45, 2.75) is 6.92 Å². The van der Waals surface area contributed by atoms with Crippen LogP contribution in [0, 0.1) is 11.3 Å². The van der Waals surface area contributed by atoms with E-state index < -0.39 is 0 Å². The minimum absolute atomic E-state index is 0.329. The van der Waals surface area contributed by atoms with E-state index in [0.717, 1.165) is 6.26 Å². The van der Waals surface area contributed by atoms with Gasteiger partial charge in [-0.25, -0.2) is 0 Å². The van der Waals surface area contributed by atoms with Crippen LogP contribution >= 0.6 is 11.6 Å². The van der Waals surface area contributed by atoms with Gasteiger partial charge in [0.05, 0.1) is 12.3 Å². The number of hydrogen-bond acceptors (Lipinski definition) is 3. The Kier molecular flexibility index (Phi) is 30.2. The van der Waals surface area contributed by atoms with Gasteiger partial charge in [0.1, 0.15) is 0 Å². The summed E-state index contributed by atoms with van der Waals surface area (Å²) in [6.45, 7) is 10.7. The first kappa shape index (κ1) is 17.5. The molecule has 0 N–H and O–H groups in total. The zero-order valence-electron chi connectivity index (χ0n) is 7.50. The maximum absolute atomic E-state index is 9.75. The van der Waals surface area contributed by atoms with Crippen molar-refractivity contribution in [2.24, 2.45) is 0 Å². The topological polar surface area (TPSA) is 50.1 Å². The van der Waals surface area contributed by atoms with Crippen molar-refractivity contribution in [3.63, 3.8) is 0 Å². The summed E-state index contributed by atoms with van der Waals surface area (Å²) in [7, 11) is 0. The largest absolute Gasteiger partial charge is 0.435 e. The molecule has 0 aliphatic rings. The van der Waals surface area contributed by atoms with Gasteiger partial charge in [-0.2, -0.15) is 5.26 Å². The highest BCUT2D eigenvalue weighted by atomic mass is 35.5. The van der Waals surface area contributed by atoms with E-state index >= 15 is 0 Å². The molecule has 0 saturated carbocycles. The molecular formula is C9H12ClNO2. The van der Waals surface area contributed by atoms with Crippen LogP contribution in [0.2, 0.25) is 0 Å². The number of nitrogens with zero attached hydrogens (tertiary/aromatic N) is 1. The van der Waals surface area contributed by atoms with E-state index in [9.17, 15) is 4.79 Å². The van der Waals surface area contributed by atoms with Gasteiger partial charge in [-0.1, -0.05) is 31.3 Å². The zero-order chi connectivity index (χ0) is 11.1. The van der Waals surface area contributed by atoms with Crippen LogP contribution in [0.1, 0.15) is 6.92 Å². The predicted molar refractivity (Wildman–Crippen MR) is 53.8 cm³/mol. The van der Waals surface area contributed by atoms with Crippen LogP contribution in [-0.2, 0) is 9.53 Å². The molecular weight excluding hydrogens is 190 g/mol. The standard InChI is InChI=1S/C4H6O2.C3H3N.C2H3Cl/c1-3-6-4(2)5;1-2-3-4;1-2-3/h3H,1H2,2H3;2H,1H2;2H,1H2. The molecule has 0 aromatic rings. The van der Waals surface area contributed by atoms with E-state index in [-0.39, 0.29) is 5.97 Å². The highest BCUT2D eigenvalue weighted by Gasteiger charge is 1.79. The van der Waals surface area contributed by atoms with Crippen molar-refractivity contribution in [3.8, 4) is 6.07 Å². The second-order valence-corrected chi connectivity index (χ2v) is 1.57. The summed E-state index contributed by atoms with van der Waals surface area (Å²) in [6, 6.07) is 1.69. The van der Waals surface area contributed by atoms with E-state index in [1.165, 1.54) is 18.5 Å². The Morgan fingerprint density at radius 2 is 1.85 bits per heavy atom. The summed E-state index contributed by atoms with van der Waals surface area (Å²) < 4.78 is 4.17. The van der Waals surface area contributed by atoms with Crippen LogP contribution in [0.15, 0.2) is 37.6 Å². The minimum atomic E-state index is -0.329. The molecule has 0 bridgehead atoms. The molecule has 0 fully saturated rings. The van der Waals surface area contributed by atoms with Crippen LogP contribution in [0.25, 0.3) is 0 Å². The lowest BCUT2D eigenvalue weighted by Crippen LogP contribution is -1.87. The second-order valence-electron chi connectivity index (χ2n) is 1.26. The highest BCUT2D eigenvalue weighted by Crippen LogP contribution is 1.70. The molecule has 0 aliphatic carbocycles. The third-order valence-electron chi connectivity index (χ3n) is 0.341. The summed E-state index contributed by atoms with van der Waals surface area (Å²) in [5.74, 6) is -0.329. The normalized spacial score (nSPS) is 5.31. The molecule has 0 spiro atoms. The van der Waals surface area contributed by atoms with Crippen molar-refractivity contribution in [1.29, 1.82) is 5.26 Å². The monoisotopic (exact) mass is 201 g/mol. The van der Waals surface area contributed by atoms with Crippen LogP contribution in [0.5, 0.6) is 0 Å². The quantitative estimate of drug-likeness (QED) is 0.372. The SMILES string of the molecule is C=CC#N.C=CCl.C=COC(C)=O. The van der Waals surface area contributed by atoms with E-state index in [1.807, 2.05) is 0 Å².